The lowest BCUT2D eigenvalue weighted by molar-refractivity contribution is 0.591. The van der Waals surface area contributed by atoms with Gasteiger partial charge in [0.2, 0.25) is 0 Å². The molecule has 19 heavy (non-hydrogen) atoms. The molecule has 2 rings (SSSR count). The van der Waals surface area contributed by atoms with Crippen LogP contribution in [0.25, 0.3) is 0 Å². The predicted octanol–water partition coefficient (Wildman–Crippen LogP) is 5.22. The quantitative estimate of drug-likeness (QED) is 0.733. The van der Waals surface area contributed by atoms with Gasteiger partial charge in [0.15, 0.2) is 0 Å². The van der Waals surface area contributed by atoms with Crippen LogP contribution < -0.4 is 5.32 Å². The van der Waals surface area contributed by atoms with Gasteiger partial charge in [0, 0.05) is 15.4 Å². The summed E-state index contributed by atoms with van der Waals surface area (Å²) < 4.78 is 15.3. The van der Waals surface area contributed by atoms with Gasteiger partial charge in [0.25, 0.3) is 0 Å². The number of hydrogen-bond acceptors (Lipinski definition) is 2. The smallest absolute Gasteiger partial charge is 0.124 e. The molecule has 2 aromatic rings. The first-order valence-corrected chi connectivity index (χ1v) is 8.28. The molecule has 102 valence electrons. The molecule has 0 amide bonds. The van der Waals surface area contributed by atoms with Crippen LogP contribution >= 0.6 is 43.2 Å². The molecule has 0 saturated heterocycles. The summed E-state index contributed by atoms with van der Waals surface area (Å²) in [5, 5.41) is 3.30. The Labute approximate surface area is 133 Å². The maximum atomic E-state index is 13.4. The molecule has 1 nitrogen and oxygen atoms in total. The molecule has 1 aromatic heterocycles. The average Bonchev–Trinajstić information content (AvgIpc) is 2.65. The molecule has 1 aromatic carbocycles. The van der Waals surface area contributed by atoms with Gasteiger partial charge in [0.05, 0.1) is 3.79 Å². The van der Waals surface area contributed by atoms with E-state index in [4.69, 9.17) is 0 Å². The number of halogens is 3. The van der Waals surface area contributed by atoms with E-state index in [1.54, 1.807) is 17.4 Å². The number of hydrogen-bond donors (Lipinski definition) is 1. The minimum absolute atomic E-state index is 0.198. The highest BCUT2D eigenvalue weighted by Gasteiger charge is 2.15. The molecule has 0 saturated carbocycles. The predicted molar refractivity (Wildman–Crippen MR) is 86.4 cm³/mol. The number of benzene rings is 1. The summed E-state index contributed by atoms with van der Waals surface area (Å²) in [5.41, 5.74) is 2.22. The zero-order chi connectivity index (χ0) is 14.0. The molecule has 1 heterocycles. The second-order valence-electron chi connectivity index (χ2n) is 4.43. The van der Waals surface area contributed by atoms with Gasteiger partial charge in [-0.05, 0) is 71.7 Å². The van der Waals surface area contributed by atoms with Crippen LogP contribution in [-0.2, 0) is 6.42 Å². The second kappa shape index (κ2) is 6.48. The number of thiophene rings is 1. The molecule has 5 heteroatoms. The van der Waals surface area contributed by atoms with Crippen LogP contribution in [0, 0.1) is 12.7 Å². The zero-order valence-electron chi connectivity index (χ0n) is 10.6. The first kappa shape index (κ1) is 15.2. The third kappa shape index (κ3) is 3.88. The Bertz CT molecular complexity index is 543. The van der Waals surface area contributed by atoms with E-state index in [1.807, 2.05) is 13.1 Å². The van der Waals surface area contributed by atoms with Crippen molar-refractivity contribution in [1.29, 1.82) is 0 Å². The van der Waals surface area contributed by atoms with Crippen molar-refractivity contribution in [1.82, 2.24) is 5.32 Å². The van der Waals surface area contributed by atoms with Gasteiger partial charge in [-0.3, -0.25) is 0 Å². The number of rotatable bonds is 4. The van der Waals surface area contributed by atoms with Crippen LogP contribution in [0.1, 0.15) is 22.0 Å². The summed E-state index contributed by atoms with van der Waals surface area (Å²) in [7, 11) is 1.93. The van der Waals surface area contributed by atoms with Gasteiger partial charge >= 0.3 is 0 Å². The molecule has 1 unspecified atom stereocenters. The Morgan fingerprint density at radius 2 is 2.00 bits per heavy atom. The molecule has 0 aliphatic carbocycles. The summed E-state index contributed by atoms with van der Waals surface area (Å²) in [6.07, 6.45) is 0.763. The number of aryl methyl sites for hydroxylation is 1. The topological polar surface area (TPSA) is 12.0 Å². The van der Waals surface area contributed by atoms with Gasteiger partial charge < -0.3 is 5.32 Å². The molecule has 0 bridgehead atoms. The third-order valence-electron chi connectivity index (χ3n) is 2.93. The van der Waals surface area contributed by atoms with Crippen molar-refractivity contribution < 1.29 is 4.39 Å². The van der Waals surface area contributed by atoms with Crippen LogP contribution in [-0.4, -0.2) is 7.05 Å². The van der Waals surface area contributed by atoms with Gasteiger partial charge in [0.1, 0.15) is 5.82 Å². The van der Waals surface area contributed by atoms with Gasteiger partial charge in [-0.1, -0.05) is 15.9 Å². The SMILES string of the molecule is CNC(Cc1cc(F)cc(Br)c1)c1cc(C)c(Br)s1. The largest absolute Gasteiger partial charge is 0.312 e. The van der Waals surface area contributed by atoms with Crippen molar-refractivity contribution in [2.24, 2.45) is 0 Å². The molecule has 0 fully saturated rings. The fourth-order valence-corrected chi connectivity index (χ4v) is 4.16. The van der Waals surface area contributed by atoms with E-state index in [9.17, 15) is 4.39 Å². The van der Waals surface area contributed by atoms with E-state index in [1.165, 1.54) is 16.5 Å². The van der Waals surface area contributed by atoms with Crippen molar-refractivity contribution >= 4 is 43.2 Å². The minimum Gasteiger partial charge on any atom is -0.312 e. The van der Waals surface area contributed by atoms with E-state index >= 15 is 0 Å². The van der Waals surface area contributed by atoms with Crippen LogP contribution in [0.15, 0.2) is 32.5 Å². The Morgan fingerprint density at radius 1 is 1.26 bits per heavy atom. The first-order valence-electron chi connectivity index (χ1n) is 5.87. The van der Waals surface area contributed by atoms with Crippen molar-refractivity contribution in [2.45, 2.75) is 19.4 Å². The average molecular weight is 407 g/mol. The molecule has 0 radical (unpaired) electrons. The summed E-state index contributed by atoms with van der Waals surface area (Å²) in [6.45, 7) is 2.08. The highest BCUT2D eigenvalue weighted by Crippen LogP contribution is 2.33. The second-order valence-corrected chi connectivity index (χ2v) is 7.75. The van der Waals surface area contributed by atoms with Crippen molar-refractivity contribution in [3.8, 4) is 0 Å². The molecule has 1 N–H and O–H groups in total. The Morgan fingerprint density at radius 3 is 2.53 bits per heavy atom. The zero-order valence-corrected chi connectivity index (χ0v) is 14.6. The van der Waals surface area contributed by atoms with Crippen molar-refractivity contribution in [3.63, 3.8) is 0 Å². The molecular weight excluding hydrogens is 393 g/mol. The van der Waals surface area contributed by atoms with Crippen molar-refractivity contribution in [2.75, 3.05) is 7.05 Å². The minimum atomic E-state index is -0.206. The Balaban J connectivity index is 2.23. The van der Waals surface area contributed by atoms with Gasteiger partial charge in [-0.2, -0.15) is 0 Å². The van der Waals surface area contributed by atoms with Crippen LogP contribution in [0.5, 0.6) is 0 Å². The first-order chi connectivity index (χ1) is 8.99. The summed E-state index contributed by atoms with van der Waals surface area (Å²) in [5.74, 6) is -0.206. The number of likely N-dealkylation sites (N-methyl/N-ethyl adjacent to an activating group) is 1. The van der Waals surface area contributed by atoms with E-state index < -0.39 is 0 Å². The number of nitrogens with one attached hydrogen (secondary N) is 1. The standard InChI is InChI=1S/C14H14Br2FNS/c1-8-3-13(19-14(8)16)12(18-2)6-9-4-10(15)7-11(17)5-9/h3-5,7,12,18H,6H2,1-2H3. The highest BCUT2D eigenvalue weighted by molar-refractivity contribution is 9.11. The van der Waals surface area contributed by atoms with Gasteiger partial charge in [-0.25, -0.2) is 4.39 Å². The summed E-state index contributed by atoms with van der Waals surface area (Å²) >= 11 is 8.60. The third-order valence-corrected chi connectivity index (χ3v) is 5.64. The lowest BCUT2D eigenvalue weighted by atomic mass is 10.0. The van der Waals surface area contributed by atoms with E-state index in [-0.39, 0.29) is 11.9 Å². The van der Waals surface area contributed by atoms with E-state index in [0.29, 0.717) is 0 Å². The fourth-order valence-electron chi connectivity index (χ4n) is 1.96. The monoisotopic (exact) mass is 405 g/mol. The van der Waals surface area contributed by atoms with Crippen LogP contribution in [0.3, 0.4) is 0 Å². The fraction of sp³-hybridized carbons (Fsp3) is 0.286. The Kier molecular flexibility index (Phi) is 5.17. The van der Waals surface area contributed by atoms with E-state index in [2.05, 4.69) is 50.2 Å². The maximum Gasteiger partial charge on any atom is 0.124 e. The van der Waals surface area contributed by atoms with Crippen LogP contribution in [0.2, 0.25) is 0 Å². The Hall–Kier alpha value is -0.230. The normalized spacial score (nSPS) is 12.7. The molecular formula is C14H14Br2FNS. The van der Waals surface area contributed by atoms with E-state index in [0.717, 1.165) is 20.2 Å². The molecule has 0 aliphatic rings. The molecule has 0 aliphatic heterocycles. The highest BCUT2D eigenvalue weighted by atomic mass is 79.9. The lowest BCUT2D eigenvalue weighted by Crippen LogP contribution is -2.17. The molecule has 0 spiro atoms. The molecule has 1 atom stereocenters. The van der Waals surface area contributed by atoms with Crippen LogP contribution in [0.4, 0.5) is 4.39 Å². The summed E-state index contributed by atoms with van der Waals surface area (Å²) in [6, 6.07) is 7.39. The maximum absolute atomic E-state index is 13.4. The lowest BCUT2D eigenvalue weighted by Gasteiger charge is -2.15. The summed E-state index contributed by atoms with van der Waals surface area (Å²) in [4.78, 5) is 1.26. The van der Waals surface area contributed by atoms with Gasteiger partial charge in [-0.15, -0.1) is 11.3 Å². The van der Waals surface area contributed by atoms with Crippen molar-refractivity contribution in [3.05, 3.63) is 54.3 Å².